The van der Waals surface area contributed by atoms with Crippen molar-refractivity contribution in [1.29, 1.82) is 0 Å². The van der Waals surface area contributed by atoms with E-state index >= 15 is 0 Å². The van der Waals surface area contributed by atoms with E-state index in [1.54, 1.807) is 0 Å². The number of hydrogen-bond donors (Lipinski definition) is 3. The van der Waals surface area contributed by atoms with E-state index in [2.05, 4.69) is 21.9 Å². The molecule has 1 fully saturated rings. The van der Waals surface area contributed by atoms with E-state index in [1.807, 2.05) is 0 Å². The second kappa shape index (κ2) is 8.78. The number of carbonyl (C=O) groups excluding carboxylic acids is 3. The predicted molar refractivity (Wildman–Crippen MR) is 96.4 cm³/mol. The number of rotatable bonds is 8. The van der Waals surface area contributed by atoms with Crippen LogP contribution in [0.25, 0.3) is 0 Å². The van der Waals surface area contributed by atoms with Crippen LogP contribution < -0.4 is 15.4 Å². The normalized spacial score (nSPS) is 14.7. The molecule has 1 saturated carbocycles. The van der Waals surface area contributed by atoms with Gasteiger partial charge in [-0.05, 0) is 44.0 Å². The summed E-state index contributed by atoms with van der Waals surface area (Å²) in [6.07, 6.45) is 1.96. The van der Waals surface area contributed by atoms with Crippen molar-refractivity contribution in [2.45, 2.75) is 36.8 Å². The molecule has 0 bridgehead atoms. The lowest BCUT2D eigenvalue weighted by Crippen LogP contribution is -2.45. The van der Waals surface area contributed by atoms with Gasteiger partial charge in [0.2, 0.25) is 10.0 Å². The van der Waals surface area contributed by atoms with Gasteiger partial charge in [-0.3, -0.25) is 10.1 Å². The van der Waals surface area contributed by atoms with Crippen LogP contribution in [0.5, 0.6) is 0 Å². The van der Waals surface area contributed by atoms with Gasteiger partial charge in [-0.25, -0.2) is 22.7 Å². The SMILES string of the molecule is C=CCNS(=O)(=O)c1ccc(C(=O)OC(C)C(=O)NC(=O)NC2CC2)cc1. The van der Waals surface area contributed by atoms with Crippen LogP contribution in [0.2, 0.25) is 0 Å². The van der Waals surface area contributed by atoms with E-state index < -0.39 is 34.0 Å². The Kier molecular flexibility index (Phi) is 6.70. The molecule has 3 amide bonds. The highest BCUT2D eigenvalue weighted by Crippen LogP contribution is 2.18. The monoisotopic (exact) mass is 395 g/mol. The highest BCUT2D eigenvalue weighted by molar-refractivity contribution is 7.89. The van der Waals surface area contributed by atoms with Gasteiger partial charge in [0, 0.05) is 12.6 Å². The lowest BCUT2D eigenvalue weighted by atomic mass is 10.2. The van der Waals surface area contributed by atoms with E-state index in [4.69, 9.17) is 4.74 Å². The molecule has 1 aromatic carbocycles. The van der Waals surface area contributed by atoms with Crippen LogP contribution in [-0.2, 0) is 19.6 Å². The first-order valence-corrected chi connectivity index (χ1v) is 9.74. The number of esters is 1. The number of sulfonamides is 1. The van der Waals surface area contributed by atoms with Crippen LogP contribution in [0.4, 0.5) is 4.79 Å². The summed E-state index contributed by atoms with van der Waals surface area (Å²) in [6, 6.07) is 4.49. The summed E-state index contributed by atoms with van der Waals surface area (Å²) >= 11 is 0. The zero-order valence-electron chi connectivity index (χ0n) is 14.7. The zero-order valence-corrected chi connectivity index (χ0v) is 15.5. The number of amides is 3. The van der Waals surface area contributed by atoms with Crippen LogP contribution in [0, 0.1) is 0 Å². The molecule has 0 heterocycles. The lowest BCUT2D eigenvalue weighted by Gasteiger charge is -2.13. The molecule has 3 N–H and O–H groups in total. The Hall–Kier alpha value is -2.72. The maximum absolute atomic E-state index is 12.1. The van der Waals surface area contributed by atoms with Gasteiger partial charge in [-0.2, -0.15) is 0 Å². The minimum Gasteiger partial charge on any atom is -0.449 e. The van der Waals surface area contributed by atoms with Crippen LogP contribution in [0.3, 0.4) is 0 Å². The molecule has 2 rings (SSSR count). The second-order valence-corrected chi connectivity index (χ2v) is 7.72. The van der Waals surface area contributed by atoms with Gasteiger partial charge in [0.05, 0.1) is 10.5 Å². The molecule has 1 aliphatic carbocycles. The summed E-state index contributed by atoms with van der Waals surface area (Å²) in [5, 5.41) is 4.67. The molecule has 9 nitrogen and oxygen atoms in total. The Balaban J connectivity index is 1.91. The van der Waals surface area contributed by atoms with Gasteiger partial charge < -0.3 is 10.1 Å². The molecule has 27 heavy (non-hydrogen) atoms. The number of nitrogens with one attached hydrogen (secondary N) is 3. The Morgan fingerprint density at radius 1 is 1.26 bits per heavy atom. The van der Waals surface area contributed by atoms with Gasteiger partial charge in [-0.1, -0.05) is 6.08 Å². The quantitative estimate of drug-likeness (QED) is 0.438. The number of imide groups is 1. The number of benzene rings is 1. The average Bonchev–Trinajstić information content (AvgIpc) is 3.43. The van der Waals surface area contributed by atoms with Crippen LogP contribution >= 0.6 is 0 Å². The summed E-state index contributed by atoms with van der Waals surface area (Å²) < 4.78 is 31.2. The number of urea groups is 1. The zero-order chi connectivity index (χ0) is 20.0. The first-order valence-electron chi connectivity index (χ1n) is 8.26. The van der Waals surface area contributed by atoms with E-state index in [1.165, 1.54) is 37.3 Å². The molecular formula is C17H21N3O6S. The van der Waals surface area contributed by atoms with Crippen LogP contribution in [-0.4, -0.2) is 45.0 Å². The topological polar surface area (TPSA) is 131 Å². The largest absolute Gasteiger partial charge is 0.449 e. The standard InChI is InChI=1S/C17H21N3O6S/c1-3-10-18-27(24,25)14-8-4-12(5-9-14)16(22)26-11(2)15(21)20-17(23)19-13-6-7-13/h3-5,8-9,11,13,18H,1,6-7,10H2,2H3,(H2,19,20,21,23). The molecule has 146 valence electrons. The average molecular weight is 395 g/mol. The number of ether oxygens (including phenoxy) is 1. The molecule has 10 heteroatoms. The third kappa shape index (κ3) is 6.19. The van der Waals surface area contributed by atoms with Gasteiger partial charge in [0.1, 0.15) is 0 Å². The molecular weight excluding hydrogens is 374 g/mol. The van der Waals surface area contributed by atoms with Crippen molar-refractivity contribution in [1.82, 2.24) is 15.4 Å². The Labute approximate surface area is 157 Å². The van der Waals surface area contributed by atoms with Crippen LogP contribution in [0.1, 0.15) is 30.1 Å². The Morgan fingerprint density at radius 2 is 1.89 bits per heavy atom. The molecule has 0 radical (unpaired) electrons. The highest BCUT2D eigenvalue weighted by Gasteiger charge is 2.26. The smallest absolute Gasteiger partial charge is 0.338 e. The summed E-state index contributed by atoms with van der Waals surface area (Å²) in [4.78, 5) is 35.4. The molecule has 0 aromatic heterocycles. The Bertz CT molecular complexity index is 831. The first-order chi connectivity index (χ1) is 12.7. The fraction of sp³-hybridized carbons (Fsp3) is 0.353. The predicted octanol–water partition coefficient (Wildman–Crippen LogP) is 0.684. The molecule has 0 aliphatic heterocycles. The van der Waals surface area contributed by atoms with Crippen molar-refractivity contribution < 1.29 is 27.5 Å². The van der Waals surface area contributed by atoms with Crippen molar-refractivity contribution >= 4 is 27.9 Å². The number of hydrogen-bond acceptors (Lipinski definition) is 6. The molecule has 0 saturated heterocycles. The highest BCUT2D eigenvalue weighted by atomic mass is 32.2. The third-order valence-corrected chi connectivity index (χ3v) is 5.06. The van der Waals surface area contributed by atoms with Crippen molar-refractivity contribution in [3.05, 3.63) is 42.5 Å². The van der Waals surface area contributed by atoms with Crippen molar-refractivity contribution in [3.63, 3.8) is 0 Å². The maximum atomic E-state index is 12.1. The molecule has 1 aromatic rings. The van der Waals surface area contributed by atoms with E-state index in [0.717, 1.165) is 12.8 Å². The van der Waals surface area contributed by atoms with Gasteiger partial charge in [-0.15, -0.1) is 6.58 Å². The van der Waals surface area contributed by atoms with Gasteiger partial charge in [0.15, 0.2) is 6.10 Å². The molecule has 1 unspecified atom stereocenters. The van der Waals surface area contributed by atoms with Gasteiger partial charge >= 0.3 is 12.0 Å². The summed E-state index contributed by atoms with van der Waals surface area (Å²) in [7, 11) is -3.70. The Morgan fingerprint density at radius 3 is 2.44 bits per heavy atom. The first kappa shape index (κ1) is 20.6. The van der Waals surface area contributed by atoms with E-state index in [-0.39, 0.29) is 23.0 Å². The summed E-state index contributed by atoms with van der Waals surface area (Å²) in [5.74, 6) is -1.57. The van der Waals surface area contributed by atoms with Crippen molar-refractivity contribution in [2.24, 2.45) is 0 Å². The lowest BCUT2D eigenvalue weighted by molar-refractivity contribution is -0.127. The molecule has 1 atom stereocenters. The summed E-state index contributed by atoms with van der Waals surface area (Å²) in [6.45, 7) is 4.83. The summed E-state index contributed by atoms with van der Waals surface area (Å²) in [5.41, 5.74) is 0.0692. The molecule has 0 spiro atoms. The maximum Gasteiger partial charge on any atom is 0.338 e. The van der Waals surface area contributed by atoms with E-state index in [0.29, 0.717) is 0 Å². The van der Waals surface area contributed by atoms with Crippen LogP contribution in [0.15, 0.2) is 41.8 Å². The fourth-order valence-corrected chi connectivity index (χ4v) is 2.97. The minimum atomic E-state index is -3.70. The fourth-order valence-electron chi connectivity index (χ4n) is 1.97. The second-order valence-electron chi connectivity index (χ2n) is 5.95. The van der Waals surface area contributed by atoms with Crippen molar-refractivity contribution in [3.8, 4) is 0 Å². The number of carbonyl (C=O) groups is 3. The van der Waals surface area contributed by atoms with Crippen molar-refractivity contribution in [2.75, 3.05) is 6.54 Å². The van der Waals surface area contributed by atoms with E-state index in [9.17, 15) is 22.8 Å². The van der Waals surface area contributed by atoms with Gasteiger partial charge in [0.25, 0.3) is 5.91 Å². The minimum absolute atomic E-state index is 0.0246. The molecule has 1 aliphatic rings. The third-order valence-electron chi connectivity index (χ3n) is 3.62.